The van der Waals surface area contributed by atoms with Gasteiger partial charge >= 0.3 is 0 Å². The molecular weight excluding hydrogens is 329 g/mol. The van der Waals surface area contributed by atoms with Crippen LogP contribution in [0.25, 0.3) is 11.0 Å². The smallest absolute Gasteiger partial charge is 0.290 e. The van der Waals surface area contributed by atoms with Gasteiger partial charge in [0.25, 0.3) is 5.91 Å². The molecule has 2 heterocycles. The van der Waals surface area contributed by atoms with Crippen LogP contribution in [0.15, 0.2) is 46.9 Å². The number of hydrogen-bond acceptors (Lipinski definition) is 2. The van der Waals surface area contributed by atoms with E-state index in [4.69, 9.17) is 4.42 Å². The molecule has 1 aliphatic rings. The zero-order chi connectivity index (χ0) is 18.3. The molecule has 0 saturated carbocycles. The van der Waals surface area contributed by atoms with Gasteiger partial charge in [-0.2, -0.15) is 0 Å². The first-order chi connectivity index (χ1) is 12.5. The highest BCUT2D eigenvalue weighted by Crippen LogP contribution is 2.34. The van der Waals surface area contributed by atoms with Crippen LogP contribution in [0.2, 0.25) is 0 Å². The quantitative estimate of drug-likeness (QED) is 0.606. The van der Waals surface area contributed by atoms with Crippen LogP contribution < -0.4 is 0 Å². The lowest BCUT2D eigenvalue weighted by Crippen LogP contribution is -2.38. The van der Waals surface area contributed by atoms with Gasteiger partial charge in [-0.25, -0.2) is 4.39 Å². The Balaban J connectivity index is 1.73. The lowest BCUT2D eigenvalue weighted by Gasteiger charge is -2.35. The maximum absolute atomic E-state index is 13.7. The van der Waals surface area contributed by atoms with E-state index in [1.54, 1.807) is 6.07 Å². The third kappa shape index (κ3) is 2.90. The Morgan fingerprint density at radius 3 is 2.81 bits per heavy atom. The molecule has 1 amide bonds. The number of nitrogens with zero attached hydrogens (tertiary/aromatic N) is 1. The van der Waals surface area contributed by atoms with E-state index >= 15 is 0 Å². The van der Waals surface area contributed by atoms with Crippen LogP contribution in [0.5, 0.6) is 0 Å². The first-order valence-electron chi connectivity index (χ1n) is 9.11. The number of aryl methyl sites for hydroxylation is 2. The molecule has 0 radical (unpaired) electrons. The minimum atomic E-state index is -0.268. The molecule has 0 bridgehead atoms. The fourth-order valence-electron chi connectivity index (χ4n) is 3.90. The molecule has 3 aromatic rings. The Hall–Kier alpha value is -2.62. The zero-order valence-electron chi connectivity index (χ0n) is 15.1. The van der Waals surface area contributed by atoms with E-state index in [0.29, 0.717) is 12.3 Å². The number of piperidine rings is 1. The third-order valence-electron chi connectivity index (χ3n) is 5.29. The van der Waals surface area contributed by atoms with E-state index in [2.05, 4.69) is 0 Å². The maximum atomic E-state index is 13.7. The highest BCUT2D eigenvalue weighted by Gasteiger charge is 2.32. The van der Waals surface area contributed by atoms with Crippen molar-refractivity contribution in [2.45, 2.75) is 39.2 Å². The molecule has 1 saturated heterocycles. The summed E-state index contributed by atoms with van der Waals surface area (Å²) in [5.74, 6) is 0.0232. The van der Waals surface area contributed by atoms with Crippen molar-refractivity contribution in [2.24, 2.45) is 0 Å². The third-order valence-corrected chi connectivity index (χ3v) is 5.29. The van der Waals surface area contributed by atoms with Gasteiger partial charge in [-0.05, 0) is 62.4 Å². The first kappa shape index (κ1) is 16.8. The van der Waals surface area contributed by atoms with Crippen molar-refractivity contribution in [1.82, 2.24) is 4.90 Å². The summed E-state index contributed by atoms with van der Waals surface area (Å²) in [5.41, 5.74) is 3.56. The summed E-state index contributed by atoms with van der Waals surface area (Å²) in [6, 6.07) is 12.4. The van der Waals surface area contributed by atoms with Crippen molar-refractivity contribution in [3.63, 3.8) is 0 Å². The molecule has 1 fully saturated rings. The van der Waals surface area contributed by atoms with Crippen molar-refractivity contribution in [3.05, 3.63) is 70.7 Å². The van der Waals surface area contributed by atoms with E-state index in [1.807, 2.05) is 43.0 Å². The predicted molar refractivity (Wildman–Crippen MR) is 99.7 cm³/mol. The molecule has 0 N–H and O–H groups in total. The molecular formula is C22H22FNO2. The van der Waals surface area contributed by atoms with Crippen molar-refractivity contribution >= 4 is 16.9 Å². The number of halogens is 1. The number of amides is 1. The largest absolute Gasteiger partial charge is 0.451 e. The fourth-order valence-corrected chi connectivity index (χ4v) is 3.90. The molecule has 1 aliphatic heterocycles. The average molecular weight is 351 g/mol. The van der Waals surface area contributed by atoms with Crippen LogP contribution >= 0.6 is 0 Å². The van der Waals surface area contributed by atoms with Crippen molar-refractivity contribution in [3.8, 4) is 0 Å². The molecule has 1 atom stereocenters. The lowest BCUT2D eigenvalue weighted by molar-refractivity contribution is 0.0580. The highest BCUT2D eigenvalue weighted by molar-refractivity contribution is 5.99. The number of carbonyl (C=O) groups excluding carboxylic acids is 1. The summed E-state index contributed by atoms with van der Waals surface area (Å²) < 4.78 is 19.6. The number of benzene rings is 2. The topological polar surface area (TPSA) is 33.5 Å². The molecule has 134 valence electrons. The Morgan fingerprint density at radius 2 is 2.00 bits per heavy atom. The highest BCUT2D eigenvalue weighted by atomic mass is 19.1. The summed E-state index contributed by atoms with van der Waals surface area (Å²) in [7, 11) is 0. The van der Waals surface area contributed by atoms with Crippen LogP contribution in [0, 0.1) is 19.7 Å². The summed E-state index contributed by atoms with van der Waals surface area (Å²) >= 11 is 0. The average Bonchev–Trinajstić information content (AvgIpc) is 2.97. The van der Waals surface area contributed by atoms with E-state index in [9.17, 15) is 9.18 Å². The molecule has 2 aromatic carbocycles. The molecule has 1 unspecified atom stereocenters. The number of carbonyl (C=O) groups is 1. The summed E-state index contributed by atoms with van der Waals surface area (Å²) in [5, 5.41) is 0.971. The van der Waals surface area contributed by atoms with Crippen molar-refractivity contribution in [1.29, 1.82) is 0 Å². The molecule has 26 heavy (non-hydrogen) atoms. The van der Waals surface area contributed by atoms with Gasteiger partial charge in [-0.15, -0.1) is 0 Å². The first-order valence-corrected chi connectivity index (χ1v) is 9.11. The lowest BCUT2D eigenvalue weighted by atomic mass is 9.94. The monoisotopic (exact) mass is 351 g/mol. The van der Waals surface area contributed by atoms with Gasteiger partial charge in [0.2, 0.25) is 0 Å². The standard InChI is InChI=1S/C22H22FNO2/c1-14-9-10-18-15(2)21(26-20(18)12-14)22(25)24-11-4-3-8-19(24)16-6-5-7-17(23)13-16/h5-7,9-10,12-13,19H,3-4,8,11H2,1-2H3. The summed E-state index contributed by atoms with van der Waals surface area (Å²) in [6.07, 6.45) is 2.83. The van der Waals surface area contributed by atoms with Crippen LogP contribution in [0.3, 0.4) is 0 Å². The van der Waals surface area contributed by atoms with E-state index in [-0.39, 0.29) is 17.8 Å². The van der Waals surface area contributed by atoms with Crippen molar-refractivity contribution in [2.75, 3.05) is 6.54 Å². The minimum absolute atomic E-state index is 0.106. The SMILES string of the molecule is Cc1ccc2c(C)c(C(=O)N3CCCCC3c3cccc(F)c3)oc2c1. The molecule has 4 rings (SSSR count). The second kappa shape index (κ2) is 6.60. The second-order valence-corrected chi connectivity index (χ2v) is 7.12. The molecule has 0 aliphatic carbocycles. The maximum Gasteiger partial charge on any atom is 0.290 e. The van der Waals surface area contributed by atoms with Crippen molar-refractivity contribution < 1.29 is 13.6 Å². The van der Waals surface area contributed by atoms with E-state index in [0.717, 1.165) is 46.9 Å². The molecule has 0 spiro atoms. The Bertz CT molecular complexity index is 975. The van der Waals surface area contributed by atoms with Crippen LogP contribution in [-0.2, 0) is 0 Å². The summed E-state index contributed by atoms with van der Waals surface area (Å²) in [6.45, 7) is 4.59. The van der Waals surface area contributed by atoms with Gasteiger partial charge < -0.3 is 9.32 Å². The molecule has 1 aromatic heterocycles. The number of furan rings is 1. The van der Waals surface area contributed by atoms with Gasteiger partial charge in [0.1, 0.15) is 11.4 Å². The van der Waals surface area contributed by atoms with Gasteiger partial charge in [0.05, 0.1) is 6.04 Å². The number of fused-ring (bicyclic) bond motifs is 1. The van der Waals surface area contributed by atoms with Crippen LogP contribution in [-0.4, -0.2) is 17.4 Å². The Kier molecular flexibility index (Phi) is 4.27. The predicted octanol–water partition coefficient (Wildman–Crippen LogP) is 5.56. The van der Waals surface area contributed by atoms with Gasteiger partial charge in [-0.1, -0.05) is 24.3 Å². The van der Waals surface area contributed by atoms with Crippen LogP contribution in [0.4, 0.5) is 4.39 Å². The Labute approximate surface area is 152 Å². The fraction of sp³-hybridized carbons (Fsp3) is 0.318. The minimum Gasteiger partial charge on any atom is -0.451 e. The van der Waals surface area contributed by atoms with Gasteiger partial charge in [0, 0.05) is 17.5 Å². The number of rotatable bonds is 2. The Morgan fingerprint density at radius 1 is 1.15 bits per heavy atom. The van der Waals surface area contributed by atoms with E-state index in [1.165, 1.54) is 12.1 Å². The van der Waals surface area contributed by atoms with Crippen LogP contribution in [0.1, 0.15) is 52.5 Å². The number of hydrogen-bond donors (Lipinski definition) is 0. The summed E-state index contributed by atoms with van der Waals surface area (Å²) in [4.78, 5) is 15.1. The molecule has 4 heteroatoms. The van der Waals surface area contributed by atoms with Gasteiger partial charge in [-0.3, -0.25) is 4.79 Å². The van der Waals surface area contributed by atoms with Gasteiger partial charge in [0.15, 0.2) is 5.76 Å². The second-order valence-electron chi connectivity index (χ2n) is 7.12. The molecule has 3 nitrogen and oxygen atoms in total. The zero-order valence-corrected chi connectivity index (χ0v) is 15.1. The number of likely N-dealkylation sites (tertiary alicyclic amines) is 1. The van der Waals surface area contributed by atoms with E-state index < -0.39 is 0 Å². The normalized spacial score (nSPS) is 17.7.